The van der Waals surface area contributed by atoms with Crippen LogP contribution in [0.2, 0.25) is 0 Å². The smallest absolute Gasteiger partial charge is 0.467 e. The molecular formula is C20H33NO10P2. The van der Waals surface area contributed by atoms with Gasteiger partial charge in [-0.3, -0.25) is 18.4 Å². The zero-order valence-electron chi connectivity index (χ0n) is 19.8. The second-order valence-electron chi connectivity index (χ2n) is 6.49. The average molecular weight is 509 g/mol. The standard InChI is InChI=1S/C20H33NO10P2/c1-7-27-32(24,28-8-2)19-14-16(13-17(20(23)26-6)21-15(5)22)11-12-18(19)31-33(25,29-9-3)30-10-4/h11-12,14,17H,7-10,13H2,1-6H3,(H,21,22). The summed E-state index contributed by atoms with van der Waals surface area (Å²) in [6, 6.07) is 3.42. The van der Waals surface area contributed by atoms with Gasteiger partial charge < -0.3 is 23.6 Å². The third kappa shape index (κ3) is 8.85. The van der Waals surface area contributed by atoms with Crippen molar-refractivity contribution in [2.75, 3.05) is 33.5 Å². The van der Waals surface area contributed by atoms with E-state index in [4.69, 9.17) is 27.4 Å². The van der Waals surface area contributed by atoms with Crippen LogP contribution in [0, 0.1) is 0 Å². The number of nitrogens with one attached hydrogen (secondary N) is 1. The third-order valence-electron chi connectivity index (χ3n) is 4.00. The lowest BCUT2D eigenvalue weighted by Crippen LogP contribution is -2.42. The minimum atomic E-state index is -4.02. The molecule has 1 atom stereocenters. The topological polar surface area (TPSA) is 136 Å². The number of esters is 1. The molecule has 0 saturated carbocycles. The largest absolute Gasteiger partial charge is 0.530 e. The fourth-order valence-corrected chi connectivity index (χ4v) is 5.87. The van der Waals surface area contributed by atoms with Gasteiger partial charge in [-0.2, -0.15) is 0 Å². The summed E-state index contributed by atoms with van der Waals surface area (Å²) in [5.41, 5.74) is 0.490. The molecule has 0 aliphatic heterocycles. The van der Waals surface area contributed by atoms with Crippen LogP contribution in [0.3, 0.4) is 0 Å². The Bertz CT molecular complexity index is 872. The second-order valence-corrected chi connectivity index (χ2v) is 10.1. The van der Waals surface area contributed by atoms with Gasteiger partial charge in [0.05, 0.1) is 33.5 Å². The zero-order chi connectivity index (χ0) is 25.1. The predicted molar refractivity (Wildman–Crippen MR) is 122 cm³/mol. The Morgan fingerprint density at radius 1 is 0.939 bits per heavy atom. The van der Waals surface area contributed by atoms with Gasteiger partial charge in [0.2, 0.25) is 5.91 Å². The van der Waals surface area contributed by atoms with Crippen LogP contribution in [0.4, 0.5) is 0 Å². The van der Waals surface area contributed by atoms with Crippen molar-refractivity contribution in [3.05, 3.63) is 23.8 Å². The van der Waals surface area contributed by atoms with Crippen LogP contribution in [-0.2, 0) is 48.0 Å². The van der Waals surface area contributed by atoms with E-state index in [1.807, 2.05) is 0 Å². The molecule has 1 rings (SSSR count). The fourth-order valence-electron chi connectivity index (χ4n) is 2.84. The molecule has 0 heterocycles. The van der Waals surface area contributed by atoms with Crippen LogP contribution >= 0.6 is 15.4 Å². The third-order valence-corrected chi connectivity index (χ3v) is 7.71. The summed E-state index contributed by atoms with van der Waals surface area (Å²) in [6.07, 6.45) is 0.0202. The van der Waals surface area contributed by atoms with Crippen molar-refractivity contribution in [1.82, 2.24) is 5.32 Å². The molecule has 0 aromatic heterocycles. The molecule has 1 aromatic rings. The van der Waals surface area contributed by atoms with E-state index >= 15 is 0 Å². The molecule has 0 aliphatic rings. The van der Waals surface area contributed by atoms with Crippen LogP contribution in [-0.4, -0.2) is 51.5 Å². The lowest BCUT2D eigenvalue weighted by atomic mass is 10.1. The van der Waals surface area contributed by atoms with E-state index in [-0.39, 0.29) is 43.9 Å². The van der Waals surface area contributed by atoms with Gasteiger partial charge in [0, 0.05) is 13.3 Å². The first-order chi connectivity index (χ1) is 15.6. The molecule has 0 spiro atoms. The molecule has 0 saturated heterocycles. The number of rotatable bonds is 15. The van der Waals surface area contributed by atoms with E-state index in [2.05, 4.69) is 5.32 Å². The van der Waals surface area contributed by atoms with Crippen LogP contribution in [0.15, 0.2) is 18.2 Å². The van der Waals surface area contributed by atoms with Crippen molar-refractivity contribution < 1.29 is 46.1 Å². The summed E-state index contributed by atoms with van der Waals surface area (Å²) in [7, 11) is -6.74. The molecule has 188 valence electrons. The van der Waals surface area contributed by atoms with Crippen LogP contribution in [0.1, 0.15) is 40.2 Å². The summed E-state index contributed by atoms with van der Waals surface area (Å²) >= 11 is 0. The molecule has 1 unspecified atom stereocenters. The SMILES string of the molecule is CCOP(=O)(OCC)Oc1ccc(CC(NC(C)=O)C(=O)OC)cc1P(=O)(OCC)OCC. The summed E-state index contributed by atoms with van der Waals surface area (Å²) in [5.74, 6) is -1.15. The average Bonchev–Trinajstić information content (AvgIpc) is 2.74. The fraction of sp³-hybridized carbons (Fsp3) is 0.600. The number of phosphoric acid groups is 1. The summed E-state index contributed by atoms with van der Waals surface area (Å²) in [5, 5.41) is 2.49. The number of benzene rings is 1. The van der Waals surface area contributed by atoms with E-state index in [0.717, 1.165) is 0 Å². The van der Waals surface area contributed by atoms with Gasteiger partial charge in [-0.05, 0) is 45.4 Å². The van der Waals surface area contributed by atoms with Crippen molar-refractivity contribution in [3.63, 3.8) is 0 Å². The first kappa shape index (κ1) is 29.3. The van der Waals surface area contributed by atoms with E-state index in [9.17, 15) is 18.7 Å². The number of carbonyl (C=O) groups is 2. The summed E-state index contributed by atoms with van der Waals surface area (Å²) < 4.78 is 58.1. The number of methoxy groups -OCH3 is 1. The molecule has 1 aromatic carbocycles. The van der Waals surface area contributed by atoms with Gasteiger partial charge in [0.1, 0.15) is 17.1 Å². The van der Waals surface area contributed by atoms with Crippen molar-refractivity contribution in [1.29, 1.82) is 0 Å². The van der Waals surface area contributed by atoms with Crippen molar-refractivity contribution in [2.24, 2.45) is 0 Å². The first-order valence-corrected chi connectivity index (χ1v) is 13.5. The minimum absolute atomic E-state index is 0.0187. The molecule has 0 fully saturated rings. The Labute approximate surface area is 194 Å². The van der Waals surface area contributed by atoms with Crippen molar-refractivity contribution in [2.45, 2.75) is 47.1 Å². The number of carbonyl (C=O) groups excluding carboxylic acids is 2. The molecule has 0 bridgehead atoms. The van der Waals surface area contributed by atoms with Crippen molar-refractivity contribution >= 4 is 32.6 Å². The quantitative estimate of drug-likeness (QED) is 0.277. The van der Waals surface area contributed by atoms with Gasteiger partial charge in [0.25, 0.3) is 0 Å². The highest BCUT2D eigenvalue weighted by Crippen LogP contribution is 2.54. The Morgan fingerprint density at radius 2 is 1.48 bits per heavy atom. The molecule has 1 amide bonds. The molecule has 11 nitrogen and oxygen atoms in total. The van der Waals surface area contributed by atoms with E-state index < -0.39 is 33.3 Å². The monoisotopic (exact) mass is 509 g/mol. The molecule has 0 aliphatic carbocycles. The van der Waals surface area contributed by atoms with E-state index in [0.29, 0.717) is 5.56 Å². The summed E-state index contributed by atoms with van der Waals surface area (Å²) in [6.45, 7) is 8.04. The van der Waals surface area contributed by atoms with Gasteiger partial charge in [-0.1, -0.05) is 6.07 Å². The minimum Gasteiger partial charge on any atom is -0.467 e. The molecule has 1 N–H and O–H groups in total. The molecule has 13 heteroatoms. The lowest BCUT2D eigenvalue weighted by molar-refractivity contribution is -0.144. The Morgan fingerprint density at radius 3 is 1.94 bits per heavy atom. The molecule has 33 heavy (non-hydrogen) atoms. The Kier molecular flexibility index (Phi) is 12.3. The normalized spacial score (nSPS) is 12.8. The number of ether oxygens (including phenoxy) is 1. The predicted octanol–water partition coefficient (Wildman–Crippen LogP) is 3.36. The highest BCUT2D eigenvalue weighted by molar-refractivity contribution is 7.62. The van der Waals surface area contributed by atoms with Gasteiger partial charge >= 0.3 is 21.4 Å². The van der Waals surface area contributed by atoms with Gasteiger partial charge in [-0.15, -0.1) is 0 Å². The van der Waals surface area contributed by atoms with Crippen LogP contribution in [0.25, 0.3) is 0 Å². The van der Waals surface area contributed by atoms with Crippen LogP contribution in [0.5, 0.6) is 5.75 Å². The van der Waals surface area contributed by atoms with E-state index in [1.165, 1.54) is 26.2 Å². The zero-order valence-corrected chi connectivity index (χ0v) is 21.6. The highest BCUT2D eigenvalue weighted by Gasteiger charge is 2.36. The number of phosphoric ester groups is 1. The van der Waals surface area contributed by atoms with Gasteiger partial charge in [-0.25, -0.2) is 9.36 Å². The number of hydrogen-bond acceptors (Lipinski definition) is 10. The lowest BCUT2D eigenvalue weighted by Gasteiger charge is -2.24. The van der Waals surface area contributed by atoms with Crippen molar-refractivity contribution in [3.8, 4) is 5.75 Å². The second kappa shape index (κ2) is 13.8. The van der Waals surface area contributed by atoms with E-state index in [1.54, 1.807) is 33.8 Å². The Balaban J connectivity index is 3.54. The maximum absolute atomic E-state index is 13.6. The first-order valence-electron chi connectivity index (χ1n) is 10.5. The van der Waals surface area contributed by atoms with Crippen LogP contribution < -0.4 is 15.1 Å². The highest BCUT2D eigenvalue weighted by atomic mass is 31.2. The maximum Gasteiger partial charge on any atom is 0.530 e. The maximum atomic E-state index is 13.6. The molecule has 0 radical (unpaired) electrons. The molecular weight excluding hydrogens is 476 g/mol. The summed E-state index contributed by atoms with van der Waals surface area (Å²) in [4.78, 5) is 23.6. The number of amides is 1. The Hall–Kier alpha value is -1.74. The van der Waals surface area contributed by atoms with Gasteiger partial charge in [0.15, 0.2) is 0 Å². The number of hydrogen-bond donors (Lipinski definition) is 1.